The van der Waals surface area contributed by atoms with Gasteiger partial charge in [-0.1, -0.05) is 25.6 Å². The molecule has 0 unspecified atom stereocenters. The Morgan fingerprint density at radius 2 is 1.86 bits per heavy atom. The Morgan fingerprint density at radius 3 is 2.36 bits per heavy atom. The molecule has 2 heterocycles. The van der Waals surface area contributed by atoms with Crippen molar-refractivity contribution in [3.05, 3.63) is 5.82 Å². The molecule has 0 saturated carbocycles. The Balaban J connectivity index is 1.96. The summed E-state index contributed by atoms with van der Waals surface area (Å²) >= 11 is 0.986. The lowest BCUT2D eigenvalue weighted by Gasteiger charge is -2.34. The maximum atomic E-state index is 12.6. The maximum absolute atomic E-state index is 12.6. The van der Waals surface area contributed by atoms with Gasteiger partial charge in [-0.3, -0.25) is 4.79 Å². The Labute approximate surface area is 131 Å². The van der Waals surface area contributed by atoms with Crippen molar-refractivity contribution in [2.75, 3.05) is 18.8 Å². The van der Waals surface area contributed by atoms with Crippen molar-refractivity contribution in [3.63, 3.8) is 0 Å². The lowest BCUT2D eigenvalue weighted by molar-refractivity contribution is -0.147. The summed E-state index contributed by atoms with van der Waals surface area (Å²) in [4.78, 5) is 14.0. The third-order valence-electron chi connectivity index (χ3n) is 3.63. The van der Waals surface area contributed by atoms with Crippen LogP contribution in [0.1, 0.15) is 26.1 Å². The van der Waals surface area contributed by atoms with Crippen molar-refractivity contribution in [1.29, 1.82) is 0 Å². The van der Waals surface area contributed by atoms with Crippen LogP contribution in [0.2, 0.25) is 0 Å². The molecule has 0 N–H and O–H groups in total. The van der Waals surface area contributed by atoms with Crippen molar-refractivity contribution in [2.45, 2.75) is 31.6 Å². The summed E-state index contributed by atoms with van der Waals surface area (Å²) in [6, 6.07) is 0. The molecule has 5 nitrogen and oxygen atoms in total. The Morgan fingerprint density at radius 1 is 1.27 bits per heavy atom. The zero-order valence-electron chi connectivity index (χ0n) is 12.7. The van der Waals surface area contributed by atoms with Crippen LogP contribution in [-0.2, 0) is 18.0 Å². The monoisotopic (exact) mass is 336 g/mol. The summed E-state index contributed by atoms with van der Waals surface area (Å²) in [5, 5.41) is 6.75. The highest BCUT2D eigenvalue weighted by atomic mass is 32.2. The van der Waals surface area contributed by atoms with Crippen LogP contribution in [0.3, 0.4) is 0 Å². The molecule has 1 saturated heterocycles. The van der Waals surface area contributed by atoms with Crippen LogP contribution < -0.4 is 0 Å². The van der Waals surface area contributed by atoms with Crippen LogP contribution in [0.4, 0.5) is 13.2 Å². The van der Waals surface area contributed by atoms with Crippen LogP contribution >= 0.6 is 11.8 Å². The van der Waals surface area contributed by atoms with Gasteiger partial charge in [0.05, 0.1) is 5.75 Å². The number of halogens is 3. The lowest BCUT2D eigenvalue weighted by atomic mass is 9.92. The number of carbonyl (C=O) groups is 1. The molecule has 22 heavy (non-hydrogen) atoms. The molecule has 1 fully saturated rings. The third kappa shape index (κ3) is 3.93. The number of nitrogens with zero attached hydrogens (tertiary/aromatic N) is 4. The molecular weight excluding hydrogens is 317 g/mol. The molecular formula is C13H19F3N4OS. The normalized spacial score (nSPS) is 22.9. The van der Waals surface area contributed by atoms with Gasteiger partial charge < -0.3 is 9.47 Å². The van der Waals surface area contributed by atoms with E-state index < -0.39 is 12.0 Å². The minimum absolute atomic E-state index is 0.0695. The van der Waals surface area contributed by atoms with E-state index >= 15 is 0 Å². The van der Waals surface area contributed by atoms with E-state index in [4.69, 9.17) is 0 Å². The van der Waals surface area contributed by atoms with Crippen LogP contribution in [0.25, 0.3) is 0 Å². The van der Waals surface area contributed by atoms with E-state index in [0.717, 1.165) is 22.7 Å². The second-order valence-corrected chi connectivity index (χ2v) is 6.84. The fourth-order valence-electron chi connectivity index (χ4n) is 2.77. The molecule has 1 aliphatic rings. The summed E-state index contributed by atoms with van der Waals surface area (Å²) in [7, 11) is 1.25. The fourth-order valence-corrected chi connectivity index (χ4v) is 3.59. The molecule has 0 bridgehead atoms. The number of amides is 1. The largest absolute Gasteiger partial charge is 0.451 e. The van der Waals surface area contributed by atoms with E-state index in [1.807, 2.05) is 0 Å². The van der Waals surface area contributed by atoms with E-state index in [9.17, 15) is 18.0 Å². The van der Waals surface area contributed by atoms with Crippen LogP contribution in [0.5, 0.6) is 0 Å². The van der Waals surface area contributed by atoms with Crippen LogP contribution in [0.15, 0.2) is 5.16 Å². The number of rotatable bonds is 3. The van der Waals surface area contributed by atoms with E-state index in [1.165, 1.54) is 7.05 Å². The number of likely N-dealkylation sites (tertiary alicyclic amines) is 1. The summed E-state index contributed by atoms with van der Waals surface area (Å²) in [6.45, 7) is 5.61. The number of piperidine rings is 1. The standard InChI is InChI=1S/C13H19F3N4OS/c1-8-4-9(2)6-20(5-8)10(21)7-22-12-18-17-11(19(12)3)13(14,15)16/h8-9H,4-7H2,1-3H3/t8-,9+. The molecule has 2 atom stereocenters. The second kappa shape index (κ2) is 6.47. The molecule has 2 rings (SSSR count). The summed E-state index contributed by atoms with van der Waals surface area (Å²) < 4.78 is 38.8. The van der Waals surface area contributed by atoms with Gasteiger partial charge in [0.1, 0.15) is 0 Å². The number of hydrogen-bond acceptors (Lipinski definition) is 4. The maximum Gasteiger partial charge on any atom is 0.451 e. The quantitative estimate of drug-likeness (QED) is 0.796. The van der Waals surface area contributed by atoms with Gasteiger partial charge in [0.25, 0.3) is 0 Å². The fraction of sp³-hybridized carbons (Fsp3) is 0.769. The molecule has 0 radical (unpaired) electrons. The van der Waals surface area contributed by atoms with Gasteiger partial charge >= 0.3 is 6.18 Å². The van der Waals surface area contributed by atoms with Crippen molar-refractivity contribution >= 4 is 17.7 Å². The van der Waals surface area contributed by atoms with Crippen molar-refractivity contribution in [3.8, 4) is 0 Å². The highest BCUT2D eigenvalue weighted by Crippen LogP contribution is 2.30. The molecule has 1 amide bonds. The van der Waals surface area contributed by atoms with Crippen LogP contribution in [0, 0.1) is 11.8 Å². The van der Waals surface area contributed by atoms with Gasteiger partial charge in [-0.15, -0.1) is 10.2 Å². The topological polar surface area (TPSA) is 51.0 Å². The highest BCUT2D eigenvalue weighted by Gasteiger charge is 2.37. The van der Waals surface area contributed by atoms with Gasteiger partial charge in [0, 0.05) is 20.1 Å². The number of thioether (sulfide) groups is 1. The molecule has 0 aliphatic carbocycles. The molecule has 9 heteroatoms. The third-order valence-corrected chi connectivity index (χ3v) is 4.64. The summed E-state index contributed by atoms with van der Waals surface area (Å²) in [6.07, 6.45) is -3.45. The number of hydrogen-bond donors (Lipinski definition) is 0. The van der Waals surface area contributed by atoms with Crippen molar-refractivity contribution in [2.24, 2.45) is 18.9 Å². The zero-order valence-corrected chi connectivity index (χ0v) is 13.5. The first-order valence-corrected chi connectivity index (χ1v) is 8.04. The molecule has 1 aromatic rings. The Bertz CT molecular complexity index is 536. The molecule has 124 valence electrons. The van der Waals surface area contributed by atoms with E-state index in [0.29, 0.717) is 24.9 Å². The highest BCUT2D eigenvalue weighted by molar-refractivity contribution is 7.99. The predicted molar refractivity (Wildman–Crippen MR) is 76.3 cm³/mol. The first-order valence-electron chi connectivity index (χ1n) is 7.05. The summed E-state index contributed by atoms with van der Waals surface area (Å²) in [5.74, 6) is -0.153. The van der Waals surface area contributed by atoms with Crippen molar-refractivity contribution < 1.29 is 18.0 Å². The summed E-state index contributed by atoms with van der Waals surface area (Å²) in [5.41, 5.74) is 0. The number of carbonyl (C=O) groups excluding carboxylic acids is 1. The molecule has 0 spiro atoms. The van der Waals surface area contributed by atoms with Gasteiger partial charge in [0.15, 0.2) is 5.16 Å². The first-order chi connectivity index (χ1) is 10.2. The molecule has 1 aromatic heterocycles. The van der Waals surface area contributed by atoms with E-state index in [2.05, 4.69) is 24.0 Å². The average molecular weight is 336 g/mol. The van der Waals surface area contributed by atoms with Crippen LogP contribution in [-0.4, -0.2) is 44.4 Å². The average Bonchev–Trinajstić information content (AvgIpc) is 2.76. The minimum Gasteiger partial charge on any atom is -0.341 e. The Hall–Kier alpha value is -1.25. The molecule has 1 aliphatic heterocycles. The zero-order chi connectivity index (χ0) is 16.5. The first kappa shape index (κ1) is 17.1. The molecule has 0 aromatic carbocycles. The SMILES string of the molecule is C[C@@H]1C[C@H](C)CN(C(=O)CSc2nnc(C(F)(F)F)n2C)C1. The smallest absolute Gasteiger partial charge is 0.341 e. The lowest BCUT2D eigenvalue weighted by Crippen LogP contribution is -2.43. The Kier molecular flexibility index (Phi) is 5.03. The number of alkyl halides is 3. The second-order valence-electron chi connectivity index (χ2n) is 5.90. The van der Waals surface area contributed by atoms with Gasteiger partial charge in [-0.2, -0.15) is 13.2 Å². The van der Waals surface area contributed by atoms with Gasteiger partial charge in [-0.05, 0) is 18.3 Å². The minimum atomic E-state index is -4.54. The van der Waals surface area contributed by atoms with Gasteiger partial charge in [-0.25, -0.2) is 0 Å². The number of aromatic nitrogens is 3. The predicted octanol–water partition coefficient (Wildman–Crippen LogP) is 2.43. The van der Waals surface area contributed by atoms with Gasteiger partial charge in [0.2, 0.25) is 11.7 Å². The van der Waals surface area contributed by atoms with Crippen molar-refractivity contribution in [1.82, 2.24) is 19.7 Å². The van der Waals surface area contributed by atoms with E-state index in [-0.39, 0.29) is 16.8 Å². The van der Waals surface area contributed by atoms with E-state index in [1.54, 1.807) is 4.90 Å².